The molecule has 0 aliphatic carbocycles. The van der Waals surface area contributed by atoms with Crippen LogP contribution in [0.3, 0.4) is 0 Å². The van der Waals surface area contributed by atoms with Gasteiger partial charge in [-0.05, 0) is 19.3 Å². The highest BCUT2D eigenvalue weighted by Gasteiger charge is 2.29. The third-order valence-electron chi connectivity index (χ3n) is 3.53. The highest BCUT2D eigenvalue weighted by Crippen LogP contribution is 2.17. The summed E-state index contributed by atoms with van der Waals surface area (Å²) in [7, 11) is -3.38. The Bertz CT molecular complexity index is 446. The van der Waals surface area contributed by atoms with Crippen LogP contribution in [-0.2, 0) is 19.4 Å². The Morgan fingerprint density at radius 3 is 2.60 bits per heavy atom. The molecule has 1 saturated heterocycles. The van der Waals surface area contributed by atoms with Gasteiger partial charge in [-0.2, -0.15) is 0 Å². The number of amides is 1. The first-order valence-corrected chi connectivity index (χ1v) is 8.89. The standard InChI is InChI=1S/C13H23NO5S/c1-2-3-4-8-20(18,19)10-12(15)14-7-5-6-11(9-14)13(16)17/h11H,2-10H2,1H3,(H,16,17)/t11-/m0/s1. The van der Waals surface area contributed by atoms with Crippen LogP contribution in [0.5, 0.6) is 0 Å². The van der Waals surface area contributed by atoms with Crippen LogP contribution in [0, 0.1) is 5.92 Å². The minimum Gasteiger partial charge on any atom is -0.481 e. The van der Waals surface area contributed by atoms with Crippen molar-refractivity contribution in [3.8, 4) is 0 Å². The summed E-state index contributed by atoms with van der Waals surface area (Å²) in [5.74, 6) is -2.43. The van der Waals surface area contributed by atoms with Crippen molar-refractivity contribution in [3.05, 3.63) is 0 Å². The van der Waals surface area contributed by atoms with Crippen molar-refractivity contribution in [1.29, 1.82) is 0 Å². The van der Waals surface area contributed by atoms with E-state index in [-0.39, 0.29) is 12.3 Å². The first-order chi connectivity index (χ1) is 9.35. The van der Waals surface area contributed by atoms with E-state index in [0.29, 0.717) is 25.8 Å². The molecule has 1 fully saturated rings. The molecule has 1 rings (SSSR count). The van der Waals surface area contributed by atoms with Crippen LogP contribution in [-0.4, -0.2) is 54.9 Å². The van der Waals surface area contributed by atoms with E-state index >= 15 is 0 Å². The number of carboxylic acids is 1. The molecule has 1 aliphatic heterocycles. The average molecular weight is 305 g/mol. The van der Waals surface area contributed by atoms with Gasteiger partial charge < -0.3 is 10.0 Å². The fraction of sp³-hybridized carbons (Fsp3) is 0.846. The molecule has 20 heavy (non-hydrogen) atoms. The third-order valence-corrected chi connectivity index (χ3v) is 5.12. The molecule has 0 unspecified atom stereocenters. The molecule has 0 aromatic heterocycles. The number of nitrogens with zero attached hydrogens (tertiary/aromatic N) is 1. The largest absolute Gasteiger partial charge is 0.481 e. The molecule has 0 bridgehead atoms. The van der Waals surface area contributed by atoms with Crippen molar-refractivity contribution in [1.82, 2.24) is 4.90 Å². The lowest BCUT2D eigenvalue weighted by Gasteiger charge is -2.30. The fourth-order valence-corrected chi connectivity index (χ4v) is 3.68. The zero-order valence-corrected chi connectivity index (χ0v) is 12.7. The molecule has 1 atom stereocenters. The molecule has 1 amide bonds. The molecular weight excluding hydrogens is 282 g/mol. The SMILES string of the molecule is CCCCCS(=O)(=O)CC(=O)N1CCC[C@H](C(=O)O)C1. The van der Waals surface area contributed by atoms with E-state index in [1.807, 2.05) is 6.92 Å². The molecule has 1 N–H and O–H groups in total. The van der Waals surface area contributed by atoms with Gasteiger partial charge in [-0.15, -0.1) is 0 Å². The average Bonchev–Trinajstić information content (AvgIpc) is 2.38. The van der Waals surface area contributed by atoms with Gasteiger partial charge in [0.25, 0.3) is 0 Å². The molecule has 6 nitrogen and oxygen atoms in total. The van der Waals surface area contributed by atoms with E-state index < -0.39 is 33.4 Å². The van der Waals surface area contributed by atoms with E-state index in [9.17, 15) is 18.0 Å². The van der Waals surface area contributed by atoms with Crippen LogP contribution in [0.15, 0.2) is 0 Å². The Hall–Kier alpha value is -1.11. The Kier molecular flexibility index (Phi) is 6.45. The molecule has 0 radical (unpaired) electrons. The number of hydrogen-bond donors (Lipinski definition) is 1. The number of piperidine rings is 1. The monoisotopic (exact) mass is 305 g/mol. The second-order valence-electron chi connectivity index (χ2n) is 5.32. The third kappa shape index (κ3) is 5.48. The molecule has 1 aliphatic rings. The predicted octanol–water partition coefficient (Wildman–Crippen LogP) is 0.915. The van der Waals surface area contributed by atoms with Crippen LogP contribution in [0.2, 0.25) is 0 Å². The molecular formula is C13H23NO5S. The number of hydrogen-bond acceptors (Lipinski definition) is 4. The van der Waals surface area contributed by atoms with Crippen molar-refractivity contribution in [2.45, 2.75) is 39.0 Å². The van der Waals surface area contributed by atoms with Crippen molar-refractivity contribution in [2.75, 3.05) is 24.6 Å². The number of carboxylic acid groups (broad SMARTS) is 1. The Morgan fingerprint density at radius 2 is 2.00 bits per heavy atom. The summed E-state index contributed by atoms with van der Waals surface area (Å²) < 4.78 is 23.6. The second kappa shape index (κ2) is 7.61. The van der Waals surface area contributed by atoms with Gasteiger partial charge in [0.2, 0.25) is 5.91 Å². The van der Waals surface area contributed by atoms with Gasteiger partial charge >= 0.3 is 5.97 Å². The van der Waals surface area contributed by atoms with Crippen molar-refractivity contribution < 1.29 is 23.1 Å². The molecule has 0 spiro atoms. The molecule has 0 aromatic rings. The minimum atomic E-state index is -3.38. The number of aliphatic carboxylic acids is 1. The molecule has 0 aromatic carbocycles. The van der Waals surface area contributed by atoms with E-state index in [1.165, 1.54) is 4.90 Å². The Balaban J connectivity index is 2.51. The van der Waals surface area contributed by atoms with Crippen molar-refractivity contribution in [2.24, 2.45) is 5.92 Å². The molecule has 1 heterocycles. The summed E-state index contributed by atoms with van der Waals surface area (Å²) in [6.45, 7) is 2.56. The first kappa shape index (κ1) is 16.9. The zero-order valence-electron chi connectivity index (χ0n) is 11.9. The van der Waals surface area contributed by atoms with Gasteiger partial charge in [0.05, 0.1) is 11.7 Å². The zero-order chi connectivity index (χ0) is 15.2. The number of carbonyl (C=O) groups is 2. The first-order valence-electron chi connectivity index (χ1n) is 7.06. The smallest absolute Gasteiger partial charge is 0.308 e. The summed E-state index contributed by atoms with van der Waals surface area (Å²) in [6, 6.07) is 0. The topological polar surface area (TPSA) is 91.8 Å². The van der Waals surface area contributed by atoms with Crippen LogP contribution in [0.1, 0.15) is 39.0 Å². The Morgan fingerprint density at radius 1 is 1.30 bits per heavy atom. The van der Waals surface area contributed by atoms with E-state index in [0.717, 1.165) is 12.8 Å². The number of unbranched alkanes of at least 4 members (excludes halogenated alkanes) is 2. The van der Waals surface area contributed by atoms with E-state index in [1.54, 1.807) is 0 Å². The number of carbonyl (C=O) groups excluding carboxylic acids is 1. The summed E-state index contributed by atoms with van der Waals surface area (Å²) in [4.78, 5) is 24.3. The van der Waals surface area contributed by atoms with Crippen molar-refractivity contribution >= 4 is 21.7 Å². The molecule has 0 saturated carbocycles. The van der Waals surface area contributed by atoms with Gasteiger partial charge in [0.1, 0.15) is 5.75 Å². The molecule has 7 heteroatoms. The summed E-state index contributed by atoms with van der Waals surface area (Å²) >= 11 is 0. The predicted molar refractivity (Wildman–Crippen MR) is 75.1 cm³/mol. The lowest BCUT2D eigenvalue weighted by Crippen LogP contribution is -2.44. The normalized spacial score (nSPS) is 19.9. The number of rotatable bonds is 7. The Labute approximate surface area is 120 Å². The lowest BCUT2D eigenvalue weighted by atomic mass is 9.98. The van der Waals surface area contributed by atoms with Crippen LogP contribution in [0.25, 0.3) is 0 Å². The summed E-state index contributed by atoms with van der Waals surface area (Å²) in [5, 5.41) is 8.96. The number of sulfone groups is 1. The van der Waals surface area contributed by atoms with Gasteiger partial charge in [0, 0.05) is 13.1 Å². The lowest BCUT2D eigenvalue weighted by molar-refractivity contribution is -0.145. The maximum absolute atomic E-state index is 12.0. The van der Waals surface area contributed by atoms with Crippen LogP contribution >= 0.6 is 0 Å². The quantitative estimate of drug-likeness (QED) is 0.706. The maximum Gasteiger partial charge on any atom is 0.308 e. The molecule has 116 valence electrons. The fourth-order valence-electron chi connectivity index (χ4n) is 2.33. The van der Waals surface area contributed by atoms with E-state index in [2.05, 4.69) is 0 Å². The van der Waals surface area contributed by atoms with Crippen molar-refractivity contribution in [3.63, 3.8) is 0 Å². The minimum absolute atomic E-state index is 0.0305. The highest BCUT2D eigenvalue weighted by atomic mass is 32.2. The maximum atomic E-state index is 12.0. The van der Waals surface area contributed by atoms with Gasteiger partial charge in [0.15, 0.2) is 9.84 Å². The van der Waals surface area contributed by atoms with E-state index in [4.69, 9.17) is 5.11 Å². The van der Waals surface area contributed by atoms with Crippen LogP contribution in [0.4, 0.5) is 0 Å². The van der Waals surface area contributed by atoms with Gasteiger partial charge in [-0.1, -0.05) is 19.8 Å². The van der Waals surface area contributed by atoms with Crippen LogP contribution < -0.4 is 0 Å². The summed E-state index contributed by atoms with van der Waals surface area (Å²) in [6.07, 6.45) is 3.49. The highest BCUT2D eigenvalue weighted by molar-refractivity contribution is 7.92. The second-order valence-corrected chi connectivity index (χ2v) is 7.50. The van der Waals surface area contributed by atoms with Gasteiger partial charge in [-0.25, -0.2) is 8.42 Å². The van der Waals surface area contributed by atoms with Gasteiger partial charge in [-0.3, -0.25) is 9.59 Å². The number of likely N-dealkylation sites (tertiary alicyclic amines) is 1. The summed E-state index contributed by atoms with van der Waals surface area (Å²) in [5.41, 5.74) is 0.